The quantitative estimate of drug-likeness (QED) is 0.363. The van der Waals surface area contributed by atoms with E-state index in [1.165, 1.54) is 4.74 Å². The molecule has 0 aliphatic carbocycles. The highest BCUT2D eigenvalue weighted by Gasteiger charge is 2.85. The highest BCUT2D eigenvalue weighted by atomic mass is 19.4. The van der Waals surface area contributed by atoms with E-state index in [-0.39, 0.29) is 0 Å². The lowest BCUT2D eigenvalue weighted by Crippen LogP contribution is -2.68. The van der Waals surface area contributed by atoms with Crippen molar-refractivity contribution < 1.29 is 88.9 Å². The molecule has 0 saturated heterocycles. The first-order valence-corrected chi connectivity index (χ1v) is 8.14. The van der Waals surface area contributed by atoms with Gasteiger partial charge < -0.3 is 5.32 Å². The largest absolute Gasteiger partial charge is 0.462 e. The van der Waals surface area contributed by atoms with Crippen LogP contribution in [0.3, 0.4) is 0 Å². The number of alkyl halides is 17. The Kier molecular flexibility index (Phi) is 7.92. The van der Waals surface area contributed by atoms with Crippen molar-refractivity contribution in [1.29, 1.82) is 0 Å². The second-order valence-corrected chi connectivity index (χ2v) is 6.32. The van der Waals surface area contributed by atoms with Crippen LogP contribution >= 0.6 is 0 Å². The minimum atomic E-state index is -8.05. The van der Waals surface area contributed by atoms with Gasteiger partial charge in [-0.2, -0.15) is 74.6 Å². The molecule has 21 heteroatoms. The summed E-state index contributed by atoms with van der Waals surface area (Å²) in [7, 11) is 0. The third-order valence-electron chi connectivity index (χ3n) is 3.69. The fourth-order valence-electron chi connectivity index (χ4n) is 1.90. The summed E-state index contributed by atoms with van der Waals surface area (Å²) in [5.74, 6) is -26.2. The number of halogens is 17. The molecule has 0 fully saturated rings. The van der Waals surface area contributed by atoms with Gasteiger partial charge in [0.25, 0.3) is 5.91 Å². The van der Waals surface area contributed by atoms with Crippen LogP contribution in [0.4, 0.5) is 80.3 Å². The Balaban J connectivity index is 3.61. The second kappa shape index (κ2) is 9.06. The third-order valence-corrected chi connectivity index (χ3v) is 3.69. The van der Waals surface area contributed by atoms with E-state index in [0.717, 1.165) is 23.5 Å². The van der Waals surface area contributed by atoms with Crippen LogP contribution in [0.25, 0.3) is 0 Å². The highest BCUT2D eigenvalue weighted by molar-refractivity contribution is 5.96. The molecule has 0 bridgehead atoms. The van der Waals surface area contributed by atoms with Crippen molar-refractivity contribution in [3.8, 4) is 0 Å². The summed E-state index contributed by atoms with van der Waals surface area (Å²) >= 11 is 0. The molecule has 1 amide bonds. The van der Waals surface area contributed by atoms with Gasteiger partial charge in [0, 0.05) is 5.69 Å². The average molecular weight is 571 g/mol. The van der Waals surface area contributed by atoms with Crippen LogP contribution < -0.4 is 5.32 Å². The predicted molar refractivity (Wildman–Crippen MR) is 77.9 cm³/mol. The summed E-state index contributed by atoms with van der Waals surface area (Å²) in [6.45, 7) is 0. The maximum atomic E-state index is 14.3. The van der Waals surface area contributed by atoms with Gasteiger partial charge in [-0.3, -0.25) is 14.3 Å². The fourth-order valence-corrected chi connectivity index (χ4v) is 1.90. The van der Waals surface area contributed by atoms with Gasteiger partial charge in [0.05, 0.1) is 0 Å². The maximum Gasteiger partial charge on any atom is 0.462 e. The molecule has 0 spiro atoms. The Morgan fingerprint density at radius 3 is 1.39 bits per heavy atom. The summed E-state index contributed by atoms with van der Waals surface area (Å²) in [6.07, 6.45) is -38.5. The van der Waals surface area contributed by atoms with Crippen molar-refractivity contribution in [2.45, 2.75) is 48.4 Å². The lowest BCUT2D eigenvalue weighted by atomic mass is 10.2. The fraction of sp³-hybridized carbons (Fsp3) is 0.533. The molecule has 1 N–H and O–H groups in total. The van der Waals surface area contributed by atoms with Crippen LogP contribution in [0.1, 0.15) is 0 Å². The van der Waals surface area contributed by atoms with Crippen LogP contribution in [-0.4, -0.2) is 54.3 Å². The maximum absolute atomic E-state index is 14.3. The van der Waals surface area contributed by atoms with Crippen molar-refractivity contribution in [3.05, 3.63) is 30.3 Å². The Labute approximate surface area is 185 Å². The molecule has 1 rings (SSSR count). The molecule has 1 aromatic rings. The van der Waals surface area contributed by atoms with Crippen LogP contribution in [-0.2, 0) is 14.3 Å². The molecule has 4 nitrogen and oxygen atoms in total. The number of carbonyl (C=O) groups excluding carboxylic acids is 1. The molecular formula is C15H6F17NO3. The van der Waals surface area contributed by atoms with E-state index < -0.39 is 60.0 Å². The number of para-hydroxylation sites is 1. The molecule has 0 heterocycles. The molecule has 1 aromatic carbocycles. The van der Waals surface area contributed by atoms with Crippen LogP contribution in [0.15, 0.2) is 30.3 Å². The van der Waals surface area contributed by atoms with Crippen LogP contribution in [0.5, 0.6) is 0 Å². The monoisotopic (exact) mass is 571 g/mol. The first-order valence-electron chi connectivity index (χ1n) is 8.14. The lowest BCUT2D eigenvalue weighted by molar-refractivity contribution is -0.548. The van der Waals surface area contributed by atoms with Crippen molar-refractivity contribution in [2.24, 2.45) is 0 Å². The van der Waals surface area contributed by atoms with Gasteiger partial charge in [0.2, 0.25) is 0 Å². The SMILES string of the molecule is O=C(Nc1ccccc1)C(F)(OC(F)(F)C(F)(OC(F)(F)C(F)(F)C(F)(F)F)C(F)(F)F)C(F)(F)F. The molecule has 0 aliphatic heterocycles. The summed E-state index contributed by atoms with van der Waals surface area (Å²) in [5.41, 5.74) is -0.893. The molecule has 0 radical (unpaired) electrons. The molecular weight excluding hydrogens is 565 g/mol. The van der Waals surface area contributed by atoms with E-state index in [1.54, 1.807) is 0 Å². The van der Waals surface area contributed by atoms with E-state index in [0.29, 0.717) is 12.1 Å². The molecule has 0 aliphatic rings. The zero-order valence-electron chi connectivity index (χ0n) is 16.0. The number of carbonyl (C=O) groups is 1. The minimum absolute atomic E-state index is 0.630. The van der Waals surface area contributed by atoms with Crippen molar-refractivity contribution in [1.82, 2.24) is 0 Å². The van der Waals surface area contributed by atoms with E-state index in [2.05, 4.69) is 0 Å². The number of nitrogens with one attached hydrogen (secondary N) is 1. The summed E-state index contributed by atoms with van der Waals surface area (Å²) in [6, 6.07) is 4.19. The summed E-state index contributed by atoms with van der Waals surface area (Å²) in [5, 5.41) is 0.841. The van der Waals surface area contributed by atoms with Crippen molar-refractivity contribution in [3.63, 3.8) is 0 Å². The lowest BCUT2D eigenvalue weighted by Gasteiger charge is -2.40. The number of rotatable bonds is 8. The van der Waals surface area contributed by atoms with Gasteiger partial charge in [-0.05, 0) is 12.1 Å². The zero-order chi connectivity index (χ0) is 28.8. The Morgan fingerprint density at radius 1 is 0.583 bits per heavy atom. The van der Waals surface area contributed by atoms with E-state index in [9.17, 15) is 79.4 Å². The molecule has 0 aromatic heterocycles. The number of benzene rings is 1. The number of anilines is 1. The van der Waals surface area contributed by atoms with E-state index in [4.69, 9.17) is 0 Å². The van der Waals surface area contributed by atoms with Crippen LogP contribution in [0.2, 0.25) is 0 Å². The van der Waals surface area contributed by atoms with Gasteiger partial charge >= 0.3 is 48.4 Å². The molecule has 208 valence electrons. The smallest absolute Gasteiger partial charge is 0.321 e. The molecule has 0 saturated carbocycles. The molecule has 2 atom stereocenters. The van der Waals surface area contributed by atoms with Gasteiger partial charge in [0.1, 0.15) is 0 Å². The summed E-state index contributed by atoms with van der Waals surface area (Å²) in [4.78, 5) is 11.6. The first-order chi connectivity index (χ1) is 15.7. The van der Waals surface area contributed by atoms with Gasteiger partial charge in [-0.15, -0.1) is 0 Å². The van der Waals surface area contributed by atoms with Crippen molar-refractivity contribution in [2.75, 3.05) is 5.32 Å². The number of hydrogen-bond donors (Lipinski definition) is 1. The number of hydrogen-bond acceptors (Lipinski definition) is 3. The normalized spacial score (nSPS) is 17.8. The standard InChI is InChI=1S/C15H6F17NO3/c16-8(11(20,21)22,7(34)33-6-4-2-1-3-5-6)35-15(31,32)10(19,13(26,27)28)36-14(29,30)9(17,18)12(23,24)25/h1-5H,(H,33,34). The van der Waals surface area contributed by atoms with Gasteiger partial charge in [0.15, 0.2) is 0 Å². The Bertz CT molecular complexity index is 926. The minimum Gasteiger partial charge on any atom is -0.321 e. The average Bonchev–Trinajstić information content (AvgIpc) is 2.65. The number of ether oxygens (including phenoxy) is 2. The van der Waals surface area contributed by atoms with Gasteiger partial charge in [-0.1, -0.05) is 18.2 Å². The topological polar surface area (TPSA) is 47.6 Å². The van der Waals surface area contributed by atoms with Crippen LogP contribution in [0, 0.1) is 0 Å². The van der Waals surface area contributed by atoms with Crippen molar-refractivity contribution >= 4 is 11.6 Å². The van der Waals surface area contributed by atoms with Gasteiger partial charge in [-0.25, -0.2) is 0 Å². The van der Waals surface area contributed by atoms with E-state index >= 15 is 0 Å². The molecule has 2 unspecified atom stereocenters. The Morgan fingerprint density at radius 2 is 1.03 bits per heavy atom. The number of amides is 1. The third kappa shape index (κ3) is 5.54. The first kappa shape index (κ1) is 31.4. The van der Waals surface area contributed by atoms with E-state index in [1.807, 2.05) is 4.74 Å². The molecule has 36 heavy (non-hydrogen) atoms. The second-order valence-electron chi connectivity index (χ2n) is 6.32. The zero-order valence-corrected chi connectivity index (χ0v) is 16.0. The summed E-state index contributed by atoms with van der Waals surface area (Å²) < 4.78 is 225. The highest BCUT2D eigenvalue weighted by Crippen LogP contribution is 2.56. The predicted octanol–water partition coefficient (Wildman–Crippen LogP) is 6.50. The Hall–Kier alpha value is -2.58.